The maximum absolute atomic E-state index is 12.1. The van der Waals surface area contributed by atoms with Crippen molar-refractivity contribution in [2.45, 2.75) is 36.1 Å². The third kappa shape index (κ3) is 4.94. The molecule has 0 aliphatic heterocycles. The molecular formula is C15H25N3O3S2. The second-order valence-electron chi connectivity index (χ2n) is 5.93. The fourth-order valence-corrected chi connectivity index (χ4v) is 2.99. The zero-order valence-corrected chi connectivity index (χ0v) is 15.8. The van der Waals surface area contributed by atoms with E-state index in [4.69, 9.17) is 5.73 Å². The quantitative estimate of drug-likeness (QED) is 0.758. The molecule has 0 heterocycles. The number of nitrogens with zero attached hydrogens (tertiary/aromatic N) is 1. The smallest absolute Gasteiger partial charge is 0.242 e. The Balaban J connectivity index is 2.72. The largest absolute Gasteiger partial charge is 0.351 e. The SMILES string of the molecule is CSC(C)(C)[C@H](N)C(=O)NCc1ccc(S(=O)(=O)N(C)C)cc1. The average Bonchev–Trinajstić information content (AvgIpc) is 2.51. The van der Waals surface area contributed by atoms with E-state index in [1.807, 2.05) is 20.1 Å². The minimum absolute atomic E-state index is 0.220. The van der Waals surface area contributed by atoms with Gasteiger partial charge in [0, 0.05) is 25.4 Å². The van der Waals surface area contributed by atoms with Crippen molar-refractivity contribution in [1.29, 1.82) is 0 Å². The Morgan fingerprint density at radius 3 is 2.26 bits per heavy atom. The first-order valence-electron chi connectivity index (χ1n) is 7.12. The molecule has 0 fully saturated rings. The van der Waals surface area contributed by atoms with Crippen LogP contribution in [0.25, 0.3) is 0 Å². The highest BCUT2D eigenvalue weighted by atomic mass is 32.2. The van der Waals surface area contributed by atoms with Gasteiger partial charge in [-0.2, -0.15) is 11.8 Å². The number of hydrogen-bond donors (Lipinski definition) is 2. The molecule has 1 aromatic carbocycles. The molecule has 0 radical (unpaired) electrons. The normalized spacial score (nSPS) is 13.9. The third-order valence-corrected chi connectivity index (χ3v) is 6.86. The molecule has 0 spiro atoms. The number of carbonyl (C=O) groups is 1. The molecule has 0 bridgehead atoms. The molecule has 0 aliphatic rings. The van der Waals surface area contributed by atoms with E-state index < -0.39 is 16.1 Å². The Morgan fingerprint density at radius 2 is 1.83 bits per heavy atom. The molecule has 1 amide bonds. The molecule has 6 nitrogen and oxygen atoms in total. The van der Waals surface area contributed by atoms with Crippen LogP contribution in [0.3, 0.4) is 0 Å². The summed E-state index contributed by atoms with van der Waals surface area (Å²) in [6, 6.07) is 5.81. The van der Waals surface area contributed by atoms with E-state index in [9.17, 15) is 13.2 Å². The fraction of sp³-hybridized carbons (Fsp3) is 0.533. The van der Waals surface area contributed by atoms with Gasteiger partial charge in [0.25, 0.3) is 0 Å². The maximum Gasteiger partial charge on any atom is 0.242 e. The predicted molar refractivity (Wildman–Crippen MR) is 94.7 cm³/mol. The Hall–Kier alpha value is -1.09. The van der Waals surface area contributed by atoms with Crippen LogP contribution in [-0.2, 0) is 21.4 Å². The van der Waals surface area contributed by atoms with Crippen LogP contribution in [0.2, 0.25) is 0 Å². The Kier molecular flexibility index (Phi) is 6.64. The van der Waals surface area contributed by atoms with Crippen molar-refractivity contribution in [2.24, 2.45) is 5.73 Å². The zero-order valence-electron chi connectivity index (χ0n) is 14.2. The second-order valence-corrected chi connectivity index (χ2v) is 9.55. The van der Waals surface area contributed by atoms with Crippen molar-refractivity contribution in [1.82, 2.24) is 9.62 Å². The third-order valence-electron chi connectivity index (χ3n) is 3.73. The molecule has 1 atom stereocenters. The summed E-state index contributed by atoms with van der Waals surface area (Å²) in [6.07, 6.45) is 1.91. The first kappa shape index (κ1) is 20.0. The summed E-state index contributed by atoms with van der Waals surface area (Å²) in [7, 11) is -0.469. The summed E-state index contributed by atoms with van der Waals surface area (Å²) in [4.78, 5) is 12.3. The lowest BCUT2D eigenvalue weighted by Gasteiger charge is -2.28. The molecule has 3 N–H and O–H groups in total. The number of hydrogen-bond acceptors (Lipinski definition) is 5. The van der Waals surface area contributed by atoms with Gasteiger partial charge >= 0.3 is 0 Å². The van der Waals surface area contributed by atoms with Crippen LogP contribution in [-0.4, -0.2) is 49.8 Å². The standard InChI is InChI=1S/C15H25N3O3S2/c1-15(2,22-5)13(16)14(19)17-10-11-6-8-12(9-7-11)23(20,21)18(3)4/h6-9,13H,10,16H2,1-5H3,(H,17,19)/t13-/m1/s1. The molecule has 130 valence electrons. The summed E-state index contributed by atoms with van der Waals surface area (Å²) in [5.74, 6) is -0.227. The maximum atomic E-state index is 12.1. The summed E-state index contributed by atoms with van der Waals surface area (Å²) < 4.78 is 24.8. The average molecular weight is 360 g/mol. The Bertz CT molecular complexity index is 640. The number of sulfonamides is 1. The van der Waals surface area contributed by atoms with Gasteiger partial charge in [-0.1, -0.05) is 12.1 Å². The van der Waals surface area contributed by atoms with Crippen molar-refractivity contribution in [3.63, 3.8) is 0 Å². The number of benzene rings is 1. The van der Waals surface area contributed by atoms with Gasteiger partial charge < -0.3 is 11.1 Å². The van der Waals surface area contributed by atoms with Crippen LogP contribution >= 0.6 is 11.8 Å². The second kappa shape index (κ2) is 7.65. The molecule has 0 unspecified atom stereocenters. The van der Waals surface area contributed by atoms with Crippen LogP contribution in [0.15, 0.2) is 29.2 Å². The summed E-state index contributed by atoms with van der Waals surface area (Å²) in [6.45, 7) is 4.14. The van der Waals surface area contributed by atoms with E-state index in [-0.39, 0.29) is 15.5 Å². The van der Waals surface area contributed by atoms with E-state index in [0.29, 0.717) is 6.54 Å². The highest BCUT2D eigenvalue weighted by molar-refractivity contribution is 8.00. The van der Waals surface area contributed by atoms with Crippen molar-refractivity contribution in [3.8, 4) is 0 Å². The Morgan fingerprint density at radius 1 is 1.30 bits per heavy atom. The minimum Gasteiger partial charge on any atom is -0.351 e. The van der Waals surface area contributed by atoms with E-state index >= 15 is 0 Å². The zero-order chi connectivity index (χ0) is 17.8. The highest BCUT2D eigenvalue weighted by Gasteiger charge is 2.31. The van der Waals surface area contributed by atoms with E-state index in [1.54, 1.807) is 12.1 Å². The molecule has 0 aliphatic carbocycles. The lowest BCUT2D eigenvalue weighted by atomic mass is 10.0. The monoisotopic (exact) mass is 359 g/mol. The van der Waals surface area contributed by atoms with Gasteiger partial charge in [-0.25, -0.2) is 12.7 Å². The van der Waals surface area contributed by atoms with Gasteiger partial charge in [0.1, 0.15) is 0 Å². The van der Waals surface area contributed by atoms with Gasteiger partial charge in [0.05, 0.1) is 10.9 Å². The van der Waals surface area contributed by atoms with E-state index in [1.165, 1.54) is 38.0 Å². The molecule has 1 aromatic rings. The van der Waals surface area contributed by atoms with Crippen molar-refractivity contribution >= 4 is 27.7 Å². The van der Waals surface area contributed by atoms with Crippen LogP contribution < -0.4 is 11.1 Å². The number of thioether (sulfide) groups is 1. The van der Waals surface area contributed by atoms with Gasteiger partial charge in [0.15, 0.2) is 0 Å². The number of nitrogens with two attached hydrogens (primary N) is 1. The van der Waals surface area contributed by atoms with Crippen molar-refractivity contribution < 1.29 is 13.2 Å². The molecule has 0 saturated heterocycles. The molecule has 0 aromatic heterocycles. The molecule has 8 heteroatoms. The first-order valence-corrected chi connectivity index (χ1v) is 9.78. The van der Waals surface area contributed by atoms with Gasteiger partial charge in [-0.3, -0.25) is 4.79 Å². The number of carbonyl (C=O) groups excluding carboxylic acids is 1. The van der Waals surface area contributed by atoms with Crippen LogP contribution in [0.5, 0.6) is 0 Å². The highest BCUT2D eigenvalue weighted by Crippen LogP contribution is 2.24. The molecule has 0 saturated carbocycles. The van der Waals surface area contributed by atoms with Crippen molar-refractivity contribution in [2.75, 3.05) is 20.4 Å². The lowest BCUT2D eigenvalue weighted by molar-refractivity contribution is -0.123. The summed E-state index contributed by atoms with van der Waals surface area (Å²) >= 11 is 1.54. The molecule has 23 heavy (non-hydrogen) atoms. The van der Waals surface area contributed by atoms with Crippen LogP contribution in [0.4, 0.5) is 0 Å². The topological polar surface area (TPSA) is 92.5 Å². The van der Waals surface area contributed by atoms with E-state index in [0.717, 1.165) is 9.87 Å². The van der Waals surface area contributed by atoms with Crippen molar-refractivity contribution in [3.05, 3.63) is 29.8 Å². The molecular weight excluding hydrogens is 334 g/mol. The minimum atomic E-state index is -3.44. The number of rotatable bonds is 7. The van der Waals surface area contributed by atoms with Crippen LogP contribution in [0, 0.1) is 0 Å². The van der Waals surface area contributed by atoms with Gasteiger partial charge in [-0.15, -0.1) is 0 Å². The molecule has 1 rings (SSSR count). The summed E-state index contributed by atoms with van der Waals surface area (Å²) in [5, 5.41) is 2.78. The fourth-order valence-electron chi connectivity index (χ4n) is 1.73. The van der Waals surface area contributed by atoms with E-state index in [2.05, 4.69) is 5.32 Å². The number of nitrogens with one attached hydrogen (secondary N) is 1. The van der Waals surface area contributed by atoms with Gasteiger partial charge in [-0.05, 0) is 37.8 Å². The summed E-state index contributed by atoms with van der Waals surface area (Å²) in [5.41, 5.74) is 6.78. The van der Waals surface area contributed by atoms with Crippen LogP contribution in [0.1, 0.15) is 19.4 Å². The lowest BCUT2D eigenvalue weighted by Crippen LogP contribution is -2.51. The predicted octanol–water partition coefficient (Wildman–Crippen LogP) is 1.02. The number of amides is 1. The Labute approximate surface area is 142 Å². The first-order chi connectivity index (χ1) is 10.5. The van der Waals surface area contributed by atoms with Gasteiger partial charge in [0.2, 0.25) is 15.9 Å².